The van der Waals surface area contributed by atoms with Crippen LogP contribution in [0.5, 0.6) is 0 Å². The Morgan fingerprint density at radius 1 is 1.42 bits per heavy atom. The van der Waals surface area contributed by atoms with Gasteiger partial charge in [0.2, 0.25) is 6.41 Å². The molecular formula is C9H10N2O. The van der Waals surface area contributed by atoms with E-state index in [-0.39, 0.29) is 5.84 Å². The lowest BCUT2D eigenvalue weighted by atomic mass is 10.1. The first kappa shape index (κ1) is 8.46. The van der Waals surface area contributed by atoms with Crippen LogP contribution >= 0.6 is 0 Å². The SMILES string of the molecule is Cc1ccc(C(N)=NC=O)cc1. The molecule has 0 aliphatic heterocycles. The summed E-state index contributed by atoms with van der Waals surface area (Å²) in [5.41, 5.74) is 7.40. The fourth-order valence-electron chi connectivity index (χ4n) is 0.856. The van der Waals surface area contributed by atoms with Crippen molar-refractivity contribution in [3.05, 3.63) is 35.4 Å². The Balaban J connectivity index is 2.97. The number of aryl methyl sites for hydroxylation is 1. The van der Waals surface area contributed by atoms with E-state index < -0.39 is 0 Å². The Hall–Kier alpha value is -1.64. The highest BCUT2D eigenvalue weighted by atomic mass is 16.1. The number of benzene rings is 1. The van der Waals surface area contributed by atoms with Crippen LogP contribution < -0.4 is 5.73 Å². The quantitative estimate of drug-likeness (QED) is 0.398. The molecule has 3 nitrogen and oxygen atoms in total. The highest BCUT2D eigenvalue weighted by Gasteiger charge is 1.95. The van der Waals surface area contributed by atoms with Crippen molar-refractivity contribution in [3.63, 3.8) is 0 Å². The van der Waals surface area contributed by atoms with Crippen LogP contribution in [0, 0.1) is 6.92 Å². The highest BCUT2D eigenvalue weighted by molar-refractivity contribution is 6.00. The van der Waals surface area contributed by atoms with Crippen LogP contribution in [0.25, 0.3) is 0 Å². The third-order valence-electron chi connectivity index (χ3n) is 1.54. The zero-order valence-electron chi connectivity index (χ0n) is 6.82. The summed E-state index contributed by atoms with van der Waals surface area (Å²) >= 11 is 0. The van der Waals surface area contributed by atoms with E-state index in [0.717, 1.165) is 11.1 Å². The van der Waals surface area contributed by atoms with Gasteiger partial charge in [0, 0.05) is 5.56 Å². The van der Waals surface area contributed by atoms with Crippen molar-refractivity contribution in [2.75, 3.05) is 0 Å². The topological polar surface area (TPSA) is 55.4 Å². The monoisotopic (exact) mass is 162 g/mol. The van der Waals surface area contributed by atoms with E-state index in [2.05, 4.69) is 4.99 Å². The molecule has 0 radical (unpaired) electrons. The number of amides is 1. The van der Waals surface area contributed by atoms with Crippen LogP contribution in [0.2, 0.25) is 0 Å². The first-order valence-electron chi connectivity index (χ1n) is 3.58. The first-order chi connectivity index (χ1) is 5.74. The van der Waals surface area contributed by atoms with E-state index >= 15 is 0 Å². The summed E-state index contributed by atoms with van der Waals surface area (Å²) in [6, 6.07) is 7.50. The molecule has 0 fully saturated rings. The van der Waals surface area contributed by atoms with Gasteiger partial charge in [-0.05, 0) is 6.92 Å². The molecular weight excluding hydrogens is 152 g/mol. The molecule has 0 saturated heterocycles. The van der Waals surface area contributed by atoms with E-state index in [4.69, 9.17) is 5.73 Å². The fraction of sp³-hybridized carbons (Fsp3) is 0.111. The highest BCUT2D eigenvalue weighted by Crippen LogP contribution is 2.01. The maximum atomic E-state index is 9.99. The second kappa shape index (κ2) is 3.67. The Kier molecular flexibility index (Phi) is 2.58. The molecule has 1 aromatic carbocycles. The molecule has 1 rings (SSSR count). The maximum absolute atomic E-state index is 9.99. The molecule has 12 heavy (non-hydrogen) atoms. The number of nitrogens with zero attached hydrogens (tertiary/aromatic N) is 1. The minimum atomic E-state index is 0.255. The summed E-state index contributed by atoms with van der Waals surface area (Å²) in [5, 5.41) is 0. The second-order valence-corrected chi connectivity index (χ2v) is 2.49. The van der Waals surface area contributed by atoms with E-state index in [1.807, 2.05) is 31.2 Å². The van der Waals surface area contributed by atoms with Gasteiger partial charge < -0.3 is 5.73 Å². The lowest BCUT2D eigenvalue weighted by molar-refractivity contribution is -0.106. The molecule has 0 aromatic heterocycles. The van der Waals surface area contributed by atoms with E-state index in [9.17, 15) is 4.79 Å². The van der Waals surface area contributed by atoms with E-state index in [0.29, 0.717) is 6.41 Å². The molecule has 0 heterocycles. The summed E-state index contributed by atoms with van der Waals surface area (Å²) in [4.78, 5) is 13.4. The molecule has 0 unspecified atom stereocenters. The molecule has 3 heteroatoms. The van der Waals surface area contributed by atoms with Crippen molar-refractivity contribution in [3.8, 4) is 0 Å². The number of carbonyl (C=O) groups excluding carboxylic acids is 1. The van der Waals surface area contributed by atoms with Crippen LogP contribution in [0.3, 0.4) is 0 Å². The van der Waals surface area contributed by atoms with Crippen molar-refractivity contribution >= 4 is 12.2 Å². The minimum Gasteiger partial charge on any atom is -0.383 e. The first-order valence-corrected chi connectivity index (χ1v) is 3.58. The number of hydrogen-bond donors (Lipinski definition) is 1. The smallest absolute Gasteiger partial charge is 0.234 e. The zero-order chi connectivity index (χ0) is 8.97. The van der Waals surface area contributed by atoms with Crippen molar-refractivity contribution in [2.24, 2.45) is 10.7 Å². The molecule has 0 saturated carbocycles. The molecule has 1 aromatic rings. The third kappa shape index (κ3) is 1.92. The predicted octanol–water partition coefficient (Wildman–Crippen LogP) is 0.857. The summed E-state index contributed by atoms with van der Waals surface area (Å²) in [5.74, 6) is 0.255. The minimum absolute atomic E-state index is 0.255. The van der Waals surface area contributed by atoms with Crippen LogP contribution in [0.15, 0.2) is 29.3 Å². The number of amidine groups is 1. The van der Waals surface area contributed by atoms with Crippen molar-refractivity contribution in [1.29, 1.82) is 0 Å². The number of rotatable bonds is 2. The molecule has 0 aliphatic carbocycles. The van der Waals surface area contributed by atoms with Crippen LogP contribution in [0.4, 0.5) is 0 Å². The molecule has 0 aliphatic rings. The molecule has 62 valence electrons. The Morgan fingerprint density at radius 3 is 2.50 bits per heavy atom. The van der Waals surface area contributed by atoms with Gasteiger partial charge in [-0.2, -0.15) is 4.99 Å². The van der Waals surface area contributed by atoms with Gasteiger partial charge in [0.15, 0.2) is 0 Å². The number of hydrogen-bond acceptors (Lipinski definition) is 1. The normalized spacial score (nSPS) is 11.2. The van der Waals surface area contributed by atoms with Crippen molar-refractivity contribution in [1.82, 2.24) is 0 Å². The predicted molar refractivity (Wildman–Crippen MR) is 48.0 cm³/mol. The largest absolute Gasteiger partial charge is 0.383 e. The van der Waals surface area contributed by atoms with Crippen LogP contribution in [0.1, 0.15) is 11.1 Å². The number of carbonyl (C=O) groups is 1. The Bertz CT molecular complexity index is 301. The average molecular weight is 162 g/mol. The number of nitrogens with two attached hydrogens (primary N) is 1. The number of aliphatic imine (C=N–C) groups is 1. The van der Waals surface area contributed by atoms with Gasteiger partial charge in [-0.25, -0.2) is 0 Å². The van der Waals surface area contributed by atoms with Crippen LogP contribution in [-0.4, -0.2) is 12.2 Å². The molecule has 0 bridgehead atoms. The van der Waals surface area contributed by atoms with Gasteiger partial charge in [-0.15, -0.1) is 0 Å². The van der Waals surface area contributed by atoms with Gasteiger partial charge in [0.1, 0.15) is 5.84 Å². The molecule has 0 spiro atoms. The maximum Gasteiger partial charge on any atom is 0.234 e. The zero-order valence-corrected chi connectivity index (χ0v) is 6.82. The van der Waals surface area contributed by atoms with Gasteiger partial charge in [-0.1, -0.05) is 29.8 Å². The summed E-state index contributed by atoms with van der Waals surface area (Å²) in [6.45, 7) is 1.98. The lowest BCUT2D eigenvalue weighted by Gasteiger charge is -1.98. The second-order valence-electron chi connectivity index (χ2n) is 2.49. The summed E-state index contributed by atoms with van der Waals surface area (Å²) in [7, 11) is 0. The van der Waals surface area contributed by atoms with Gasteiger partial charge in [0.05, 0.1) is 0 Å². The molecule has 0 atom stereocenters. The van der Waals surface area contributed by atoms with E-state index in [1.54, 1.807) is 0 Å². The molecule has 1 amide bonds. The van der Waals surface area contributed by atoms with Crippen LogP contribution in [-0.2, 0) is 4.79 Å². The Labute approximate surface area is 70.9 Å². The lowest BCUT2D eigenvalue weighted by Crippen LogP contribution is -2.13. The average Bonchev–Trinajstić information content (AvgIpc) is 2.06. The van der Waals surface area contributed by atoms with Crippen molar-refractivity contribution in [2.45, 2.75) is 6.92 Å². The van der Waals surface area contributed by atoms with Gasteiger partial charge >= 0.3 is 0 Å². The Morgan fingerprint density at radius 2 is 2.00 bits per heavy atom. The fourth-order valence-corrected chi connectivity index (χ4v) is 0.856. The van der Waals surface area contributed by atoms with Crippen molar-refractivity contribution < 1.29 is 4.79 Å². The van der Waals surface area contributed by atoms with Gasteiger partial charge in [-0.3, -0.25) is 4.79 Å². The van der Waals surface area contributed by atoms with E-state index in [1.165, 1.54) is 0 Å². The third-order valence-corrected chi connectivity index (χ3v) is 1.54. The summed E-state index contributed by atoms with van der Waals surface area (Å²) < 4.78 is 0. The molecule has 2 N–H and O–H groups in total. The summed E-state index contributed by atoms with van der Waals surface area (Å²) in [6.07, 6.45) is 0.440. The van der Waals surface area contributed by atoms with Gasteiger partial charge in [0.25, 0.3) is 0 Å². The standard InChI is InChI=1S/C9H10N2O/c1-7-2-4-8(5-3-7)9(10)11-6-12/h2-6H,1H3,(H2,10,11,12).